The monoisotopic (exact) mass is 587 g/mol. The normalized spacial score (nSPS) is 27.9. The van der Waals surface area contributed by atoms with Crippen LogP contribution in [-0.4, -0.2) is 46.7 Å². The summed E-state index contributed by atoms with van der Waals surface area (Å²) in [5.41, 5.74) is 2.30. The highest BCUT2D eigenvalue weighted by molar-refractivity contribution is 5.96. The lowest BCUT2D eigenvalue weighted by Crippen LogP contribution is -2.63. The summed E-state index contributed by atoms with van der Waals surface area (Å²) in [5, 5.41) is 10.1. The Morgan fingerprint density at radius 3 is 2.49 bits per heavy atom. The number of aromatic nitrogens is 2. The van der Waals surface area contributed by atoms with E-state index in [2.05, 4.69) is 44.4 Å². The first kappa shape index (κ1) is 29.6. The number of piperidine rings is 1. The van der Waals surface area contributed by atoms with Gasteiger partial charge in [-0.1, -0.05) is 40.7 Å². The molecule has 1 aliphatic heterocycles. The van der Waals surface area contributed by atoms with Gasteiger partial charge in [-0.05, 0) is 90.5 Å². The third-order valence-corrected chi connectivity index (χ3v) is 11.0. The van der Waals surface area contributed by atoms with E-state index in [4.69, 9.17) is 9.72 Å². The number of fused-ring (bicyclic) bond motifs is 3. The number of rotatable bonds is 6. The van der Waals surface area contributed by atoms with E-state index in [1.165, 1.54) is 26.0 Å². The van der Waals surface area contributed by atoms with Crippen molar-refractivity contribution < 1.29 is 9.13 Å². The molecular formula is C35H46FN5O2. The van der Waals surface area contributed by atoms with E-state index in [1.807, 2.05) is 18.2 Å². The maximum absolute atomic E-state index is 14.5. The number of methoxy groups -OCH3 is 1. The summed E-state index contributed by atoms with van der Waals surface area (Å²) in [6.45, 7) is 13.9. The van der Waals surface area contributed by atoms with Crippen molar-refractivity contribution in [3.63, 3.8) is 0 Å². The summed E-state index contributed by atoms with van der Waals surface area (Å²) in [6.07, 6.45) is 5.49. The number of guanidine groups is 1. The van der Waals surface area contributed by atoms with Gasteiger partial charge in [0.1, 0.15) is 11.6 Å². The number of halogens is 1. The Hall–Kier alpha value is -3.42. The molecule has 3 aliphatic carbocycles. The molecule has 6 atom stereocenters. The predicted molar refractivity (Wildman–Crippen MR) is 170 cm³/mol. The van der Waals surface area contributed by atoms with Crippen molar-refractivity contribution in [1.82, 2.24) is 14.5 Å². The van der Waals surface area contributed by atoms with E-state index in [1.54, 1.807) is 23.0 Å². The highest BCUT2D eigenvalue weighted by Crippen LogP contribution is 2.62. The van der Waals surface area contributed by atoms with Crippen LogP contribution in [0.5, 0.6) is 5.75 Å². The van der Waals surface area contributed by atoms with Crippen LogP contribution in [0.15, 0.2) is 47.5 Å². The Kier molecular flexibility index (Phi) is 7.76. The van der Waals surface area contributed by atoms with Crippen molar-refractivity contribution in [1.29, 1.82) is 5.41 Å². The number of ether oxygens (including phenoxy) is 1. The van der Waals surface area contributed by atoms with Crippen molar-refractivity contribution in [2.45, 2.75) is 72.9 Å². The van der Waals surface area contributed by atoms with Crippen LogP contribution in [0.2, 0.25) is 0 Å². The first-order valence-electron chi connectivity index (χ1n) is 15.9. The van der Waals surface area contributed by atoms with E-state index in [-0.39, 0.29) is 17.4 Å². The molecule has 2 aromatic carbocycles. The molecule has 0 radical (unpaired) electrons. The molecule has 0 spiro atoms. The molecule has 4 fully saturated rings. The second-order valence-corrected chi connectivity index (χ2v) is 14.2. The van der Waals surface area contributed by atoms with Crippen molar-refractivity contribution in [3.8, 4) is 5.75 Å². The average molecular weight is 588 g/mol. The molecule has 7 rings (SSSR count). The number of nitrogens with zero attached hydrogens (tertiary/aromatic N) is 4. The topological polar surface area (TPSA) is 74.5 Å². The maximum atomic E-state index is 14.5. The van der Waals surface area contributed by atoms with E-state index in [0.29, 0.717) is 76.1 Å². The van der Waals surface area contributed by atoms with Crippen LogP contribution in [0.25, 0.3) is 10.9 Å². The molecule has 1 aromatic heterocycles. The average Bonchev–Trinajstić information content (AvgIpc) is 2.97. The van der Waals surface area contributed by atoms with Gasteiger partial charge in [0.15, 0.2) is 5.96 Å². The molecule has 230 valence electrons. The van der Waals surface area contributed by atoms with E-state index in [0.717, 1.165) is 25.2 Å². The molecular weight excluding hydrogens is 541 g/mol. The standard InChI is InChI=1S/C35H46FN5O2/c1-21-13-22(2)19-40(18-21)34(37)41(32-15-25-14-29(23(32)3)35(25,4)5)26-8-10-28-31(16-26)38-20-39(33(28)42)12-11-24-7-9-27(43-6)17-30(24)36/h7-10,16-17,20-23,25,29,32,37H,11-15,18-19H2,1-6H3/t21?,22?,23-,25-,29+,32?/m0/s1. The quantitative estimate of drug-likeness (QED) is 0.261. The summed E-state index contributed by atoms with van der Waals surface area (Å²) in [5.74, 6) is 3.55. The largest absolute Gasteiger partial charge is 0.497 e. The fourth-order valence-corrected chi connectivity index (χ4v) is 8.48. The predicted octanol–water partition coefficient (Wildman–Crippen LogP) is 6.58. The van der Waals surface area contributed by atoms with Crippen LogP contribution in [0.3, 0.4) is 0 Å². The number of likely N-dealkylation sites (tertiary alicyclic amines) is 1. The molecule has 7 nitrogen and oxygen atoms in total. The van der Waals surface area contributed by atoms with Crippen molar-refractivity contribution in [2.24, 2.45) is 35.0 Å². The van der Waals surface area contributed by atoms with Gasteiger partial charge in [0.25, 0.3) is 5.56 Å². The SMILES string of the molecule is COc1ccc(CCn2cnc3cc(N(C(=N)N4CC(C)CC(C)C4)C4C[C@@H]5C[C@H]([C@@H]4C)C5(C)C)ccc3c2=O)c(F)c1. The number of aryl methyl sites for hydroxylation is 2. The van der Waals surface area contributed by atoms with Gasteiger partial charge in [-0.15, -0.1) is 0 Å². The van der Waals surface area contributed by atoms with Gasteiger partial charge in [0.2, 0.25) is 0 Å². The second kappa shape index (κ2) is 11.3. The molecule has 3 aromatic rings. The molecule has 43 heavy (non-hydrogen) atoms. The summed E-state index contributed by atoms with van der Waals surface area (Å²) >= 11 is 0. The molecule has 2 bridgehead atoms. The Balaban J connectivity index is 1.30. The van der Waals surface area contributed by atoms with Crippen LogP contribution in [-0.2, 0) is 13.0 Å². The minimum absolute atomic E-state index is 0.139. The van der Waals surface area contributed by atoms with Crippen LogP contribution < -0.4 is 15.2 Å². The molecule has 3 saturated carbocycles. The number of nitrogens with one attached hydrogen (secondary N) is 1. The zero-order chi connectivity index (χ0) is 30.6. The van der Waals surface area contributed by atoms with Crippen LogP contribution >= 0.6 is 0 Å². The maximum Gasteiger partial charge on any atom is 0.261 e. The fraction of sp³-hybridized carbons (Fsp3) is 0.571. The number of hydrogen-bond acceptors (Lipinski definition) is 4. The van der Waals surface area contributed by atoms with Gasteiger partial charge in [0.05, 0.1) is 24.3 Å². The second-order valence-electron chi connectivity index (χ2n) is 14.2. The van der Waals surface area contributed by atoms with Crippen LogP contribution in [0.4, 0.5) is 10.1 Å². The molecule has 3 unspecified atom stereocenters. The smallest absolute Gasteiger partial charge is 0.261 e. The van der Waals surface area contributed by atoms with Gasteiger partial charge in [-0.25, -0.2) is 9.37 Å². The lowest BCUT2D eigenvalue weighted by Gasteiger charge is -2.63. The lowest BCUT2D eigenvalue weighted by atomic mass is 9.44. The van der Waals surface area contributed by atoms with E-state index >= 15 is 0 Å². The van der Waals surface area contributed by atoms with Crippen LogP contribution in [0.1, 0.15) is 59.4 Å². The lowest BCUT2D eigenvalue weighted by molar-refractivity contribution is -0.108. The van der Waals surface area contributed by atoms with Crippen molar-refractivity contribution in [2.75, 3.05) is 25.1 Å². The highest BCUT2D eigenvalue weighted by atomic mass is 19.1. The number of hydrogen-bond donors (Lipinski definition) is 1. The summed E-state index contributed by atoms with van der Waals surface area (Å²) in [7, 11) is 1.51. The Morgan fingerprint density at radius 1 is 1.09 bits per heavy atom. The number of anilines is 1. The minimum Gasteiger partial charge on any atom is -0.497 e. The van der Waals surface area contributed by atoms with Gasteiger partial charge < -0.3 is 14.5 Å². The highest BCUT2D eigenvalue weighted by Gasteiger charge is 2.57. The summed E-state index contributed by atoms with van der Waals surface area (Å²) in [6, 6.07) is 10.9. The third kappa shape index (κ3) is 5.31. The van der Waals surface area contributed by atoms with E-state index in [9.17, 15) is 14.6 Å². The van der Waals surface area contributed by atoms with Gasteiger partial charge in [-0.3, -0.25) is 14.8 Å². The zero-order valence-corrected chi connectivity index (χ0v) is 26.4. The first-order valence-corrected chi connectivity index (χ1v) is 15.9. The van der Waals surface area contributed by atoms with Gasteiger partial charge in [-0.2, -0.15) is 0 Å². The molecule has 1 N–H and O–H groups in total. The molecule has 4 aliphatic rings. The molecule has 8 heteroatoms. The molecule has 0 amide bonds. The van der Waals surface area contributed by atoms with Gasteiger partial charge >= 0.3 is 0 Å². The number of benzene rings is 2. The molecule has 2 heterocycles. The Morgan fingerprint density at radius 2 is 1.84 bits per heavy atom. The third-order valence-electron chi connectivity index (χ3n) is 11.0. The van der Waals surface area contributed by atoms with Gasteiger partial charge in [0, 0.05) is 37.4 Å². The van der Waals surface area contributed by atoms with Crippen molar-refractivity contribution >= 4 is 22.5 Å². The zero-order valence-electron chi connectivity index (χ0n) is 26.4. The molecule has 1 saturated heterocycles. The van der Waals surface area contributed by atoms with E-state index < -0.39 is 0 Å². The Labute approximate surface area is 254 Å². The summed E-state index contributed by atoms with van der Waals surface area (Å²) in [4.78, 5) is 22.7. The fourth-order valence-electron chi connectivity index (χ4n) is 8.48. The first-order chi connectivity index (χ1) is 20.5. The van der Waals surface area contributed by atoms with Crippen molar-refractivity contribution in [3.05, 3.63) is 64.5 Å². The summed E-state index contributed by atoms with van der Waals surface area (Å²) < 4.78 is 21.2. The minimum atomic E-state index is -0.344. The Bertz CT molecular complexity index is 1570. The van der Waals surface area contributed by atoms with Crippen LogP contribution in [0, 0.1) is 46.2 Å².